The predicted octanol–water partition coefficient (Wildman–Crippen LogP) is 2.40. The zero-order chi connectivity index (χ0) is 13.6. The number of nitrogens with one attached hydrogen (secondary N) is 1. The van der Waals surface area contributed by atoms with Gasteiger partial charge >= 0.3 is 0 Å². The van der Waals surface area contributed by atoms with Crippen LogP contribution in [0.25, 0.3) is 0 Å². The van der Waals surface area contributed by atoms with Crippen molar-refractivity contribution in [1.29, 1.82) is 0 Å². The van der Waals surface area contributed by atoms with Crippen molar-refractivity contribution >= 4 is 17.7 Å². The van der Waals surface area contributed by atoms with Crippen LogP contribution in [0.2, 0.25) is 0 Å². The molecule has 0 radical (unpaired) electrons. The first-order chi connectivity index (χ1) is 7.73. The van der Waals surface area contributed by atoms with E-state index >= 15 is 0 Å². The van der Waals surface area contributed by atoms with Gasteiger partial charge in [-0.15, -0.1) is 0 Å². The molecule has 4 heteroatoms. The Hall–Kier alpha value is -0.220. The number of hydrogen-bond acceptors (Lipinski definition) is 3. The molecule has 0 bridgehead atoms. The van der Waals surface area contributed by atoms with Gasteiger partial charge in [-0.25, -0.2) is 0 Å². The van der Waals surface area contributed by atoms with E-state index in [-0.39, 0.29) is 5.91 Å². The van der Waals surface area contributed by atoms with Gasteiger partial charge in [0, 0.05) is 10.5 Å². The Labute approximate surface area is 110 Å². The van der Waals surface area contributed by atoms with Crippen LogP contribution in [0, 0.1) is 5.92 Å². The number of primary amides is 1. The fourth-order valence-corrected chi connectivity index (χ4v) is 3.27. The molecule has 0 saturated carbocycles. The normalized spacial score (nSPS) is 18.8. The van der Waals surface area contributed by atoms with Crippen LogP contribution < -0.4 is 11.1 Å². The fraction of sp³-hybridized carbons (Fsp3) is 0.923. The number of hydrogen-bond donors (Lipinski definition) is 2. The van der Waals surface area contributed by atoms with Crippen molar-refractivity contribution in [3.05, 3.63) is 0 Å². The largest absolute Gasteiger partial charge is 0.368 e. The van der Waals surface area contributed by atoms with E-state index in [2.05, 4.69) is 33.0 Å². The summed E-state index contributed by atoms with van der Waals surface area (Å²) in [6, 6.07) is 0. The lowest BCUT2D eigenvalue weighted by molar-refractivity contribution is -0.124. The van der Waals surface area contributed by atoms with E-state index in [4.69, 9.17) is 5.73 Å². The minimum atomic E-state index is -0.585. The summed E-state index contributed by atoms with van der Waals surface area (Å²) >= 11 is 1.93. The molecule has 0 aromatic rings. The second-order valence-electron chi connectivity index (χ2n) is 5.33. The molecular formula is C13H28N2OS. The lowest BCUT2D eigenvalue weighted by atomic mass is 9.95. The number of carbonyl (C=O) groups is 1. The maximum atomic E-state index is 11.5. The highest BCUT2D eigenvalue weighted by molar-refractivity contribution is 8.00. The average molecular weight is 260 g/mol. The van der Waals surface area contributed by atoms with Crippen molar-refractivity contribution in [3.63, 3.8) is 0 Å². The van der Waals surface area contributed by atoms with Crippen molar-refractivity contribution in [1.82, 2.24) is 5.32 Å². The van der Waals surface area contributed by atoms with Gasteiger partial charge in [0.15, 0.2) is 0 Å². The van der Waals surface area contributed by atoms with Gasteiger partial charge in [-0.2, -0.15) is 11.8 Å². The highest BCUT2D eigenvalue weighted by Gasteiger charge is 2.32. The standard InChI is InChI=1S/C13H28N2OS/c1-7-15-13(6,12(14)16)8-10(4)17-11(5)9(2)3/h9-11,15H,7-8H2,1-6H3,(H2,14,16). The Bertz CT molecular complexity index is 246. The first kappa shape index (κ1) is 16.8. The van der Waals surface area contributed by atoms with Gasteiger partial charge in [-0.3, -0.25) is 4.79 Å². The Morgan fingerprint density at radius 3 is 2.24 bits per heavy atom. The predicted molar refractivity (Wildman–Crippen MR) is 77.2 cm³/mol. The Kier molecular flexibility index (Phi) is 7.17. The van der Waals surface area contributed by atoms with Crippen molar-refractivity contribution in [3.8, 4) is 0 Å². The molecule has 3 atom stereocenters. The van der Waals surface area contributed by atoms with Gasteiger partial charge in [0.05, 0.1) is 5.54 Å². The van der Waals surface area contributed by atoms with Crippen molar-refractivity contribution in [2.24, 2.45) is 11.7 Å². The van der Waals surface area contributed by atoms with E-state index in [0.717, 1.165) is 13.0 Å². The third-order valence-electron chi connectivity index (χ3n) is 3.19. The van der Waals surface area contributed by atoms with E-state index in [0.29, 0.717) is 16.4 Å². The highest BCUT2D eigenvalue weighted by atomic mass is 32.2. The van der Waals surface area contributed by atoms with Gasteiger partial charge in [-0.05, 0) is 25.8 Å². The summed E-state index contributed by atoms with van der Waals surface area (Å²) in [5.74, 6) is 0.394. The van der Waals surface area contributed by atoms with Crippen LogP contribution in [0.1, 0.15) is 48.0 Å². The maximum absolute atomic E-state index is 11.5. The van der Waals surface area contributed by atoms with Crippen molar-refractivity contribution in [2.75, 3.05) is 6.54 Å². The average Bonchev–Trinajstić information content (AvgIpc) is 2.16. The SMILES string of the molecule is CCNC(C)(CC(C)SC(C)C(C)C)C(N)=O. The highest BCUT2D eigenvalue weighted by Crippen LogP contribution is 2.28. The molecule has 0 aromatic heterocycles. The Balaban J connectivity index is 4.41. The first-order valence-corrected chi connectivity index (χ1v) is 7.37. The van der Waals surface area contributed by atoms with E-state index in [1.54, 1.807) is 0 Å². The quantitative estimate of drug-likeness (QED) is 0.704. The molecule has 0 spiro atoms. The Morgan fingerprint density at radius 2 is 1.88 bits per heavy atom. The molecule has 1 amide bonds. The van der Waals surface area contributed by atoms with Crippen LogP contribution in [0.5, 0.6) is 0 Å². The molecule has 0 aromatic carbocycles. The topological polar surface area (TPSA) is 55.1 Å². The van der Waals surface area contributed by atoms with Crippen LogP contribution in [-0.2, 0) is 4.79 Å². The molecular weight excluding hydrogens is 232 g/mol. The zero-order valence-electron chi connectivity index (χ0n) is 12.0. The second-order valence-corrected chi connectivity index (χ2v) is 7.15. The summed E-state index contributed by atoms with van der Waals surface area (Å²) in [5, 5.41) is 4.22. The minimum Gasteiger partial charge on any atom is -0.368 e. The van der Waals surface area contributed by atoms with Gasteiger partial charge in [0.25, 0.3) is 0 Å². The third kappa shape index (κ3) is 5.77. The van der Waals surface area contributed by atoms with E-state index in [9.17, 15) is 4.79 Å². The smallest absolute Gasteiger partial charge is 0.237 e. The Morgan fingerprint density at radius 1 is 1.35 bits per heavy atom. The van der Waals surface area contributed by atoms with Gasteiger partial charge in [0.2, 0.25) is 5.91 Å². The number of likely N-dealkylation sites (N-methyl/N-ethyl adjacent to an activating group) is 1. The van der Waals surface area contributed by atoms with Crippen molar-refractivity contribution in [2.45, 2.75) is 64.0 Å². The molecule has 0 fully saturated rings. The number of rotatable bonds is 8. The molecule has 3 N–H and O–H groups in total. The van der Waals surface area contributed by atoms with Gasteiger partial charge in [0.1, 0.15) is 0 Å². The molecule has 102 valence electrons. The zero-order valence-corrected chi connectivity index (χ0v) is 12.9. The molecule has 0 rings (SSSR count). The van der Waals surface area contributed by atoms with E-state index in [1.807, 2.05) is 25.6 Å². The number of carbonyl (C=O) groups excluding carboxylic acids is 1. The van der Waals surface area contributed by atoms with Crippen LogP contribution in [0.15, 0.2) is 0 Å². The monoisotopic (exact) mass is 260 g/mol. The summed E-state index contributed by atoms with van der Waals surface area (Å²) in [6.07, 6.45) is 0.776. The lowest BCUT2D eigenvalue weighted by Crippen LogP contribution is -2.54. The first-order valence-electron chi connectivity index (χ1n) is 6.43. The van der Waals surface area contributed by atoms with Crippen LogP contribution in [0.3, 0.4) is 0 Å². The number of amides is 1. The lowest BCUT2D eigenvalue weighted by Gasteiger charge is -2.31. The molecule has 0 aliphatic carbocycles. The number of nitrogens with two attached hydrogens (primary N) is 1. The van der Waals surface area contributed by atoms with Crippen LogP contribution in [0.4, 0.5) is 0 Å². The van der Waals surface area contributed by atoms with Crippen molar-refractivity contribution < 1.29 is 4.79 Å². The summed E-state index contributed by atoms with van der Waals surface area (Å²) in [7, 11) is 0. The second kappa shape index (κ2) is 7.27. The summed E-state index contributed by atoms with van der Waals surface area (Å²) in [6.45, 7) is 13.5. The van der Waals surface area contributed by atoms with E-state index in [1.165, 1.54) is 0 Å². The minimum absolute atomic E-state index is 0.260. The van der Waals surface area contributed by atoms with Crippen LogP contribution >= 0.6 is 11.8 Å². The summed E-state index contributed by atoms with van der Waals surface area (Å²) in [4.78, 5) is 11.5. The summed E-state index contributed by atoms with van der Waals surface area (Å²) in [5.41, 5.74) is 4.90. The van der Waals surface area contributed by atoms with Gasteiger partial charge < -0.3 is 11.1 Å². The fourth-order valence-electron chi connectivity index (χ4n) is 1.80. The molecule has 0 heterocycles. The third-order valence-corrected chi connectivity index (χ3v) is 4.80. The number of thioether (sulfide) groups is 1. The molecule has 17 heavy (non-hydrogen) atoms. The molecule has 3 unspecified atom stereocenters. The van der Waals surface area contributed by atoms with Gasteiger partial charge in [-0.1, -0.05) is 34.6 Å². The molecule has 0 aliphatic rings. The summed E-state index contributed by atoms with van der Waals surface area (Å²) < 4.78 is 0. The molecule has 0 saturated heterocycles. The maximum Gasteiger partial charge on any atom is 0.237 e. The van der Waals surface area contributed by atoms with Crippen LogP contribution in [-0.4, -0.2) is 28.5 Å². The van der Waals surface area contributed by atoms with E-state index < -0.39 is 5.54 Å². The molecule has 0 aliphatic heterocycles. The molecule has 3 nitrogen and oxygen atoms in total.